The summed E-state index contributed by atoms with van der Waals surface area (Å²) in [7, 11) is 0. The van der Waals surface area contributed by atoms with Crippen molar-refractivity contribution >= 4 is 34.5 Å². The van der Waals surface area contributed by atoms with E-state index in [1.54, 1.807) is 19.1 Å². The summed E-state index contributed by atoms with van der Waals surface area (Å²) in [6.07, 6.45) is 0. The normalized spacial score (nSPS) is 10.2. The molecule has 1 aromatic carbocycles. The van der Waals surface area contributed by atoms with Crippen LogP contribution in [0.4, 0.5) is 5.69 Å². The molecule has 2 aromatic rings. The van der Waals surface area contributed by atoms with Crippen LogP contribution in [-0.4, -0.2) is 21.2 Å². The fourth-order valence-corrected chi connectivity index (χ4v) is 1.94. The Balaban J connectivity index is 2.15. The van der Waals surface area contributed by atoms with Crippen LogP contribution in [-0.2, 0) is 0 Å². The fraction of sp³-hybridized carbons (Fsp3) is 0.100. The number of halogens is 1. The molecule has 0 saturated heterocycles. The number of hydrogen-bond donors (Lipinski definition) is 2. The largest absolute Gasteiger partial charge is 0.508 e. The Morgan fingerprint density at radius 3 is 2.82 bits per heavy atom. The van der Waals surface area contributed by atoms with E-state index in [9.17, 15) is 9.90 Å². The van der Waals surface area contributed by atoms with E-state index in [1.165, 1.54) is 6.07 Å². The molecule has 1 aromatic heterocycles. The van der Waals surface area contributed by atoms with E-state index >= 15 is 0 Å². The molecule has 0 radical (unpaired) electrons. The number of amides is 1. The molecule has 88 valence electrons. The van der Waals surface area contributed by atoms with Gasteiger partial charge in [-0.2, -0.15) is 0 Å². The highest BCUT2D eigenvalue weighted by Gasteiger charge is 2.12. The summed E-state index contributed by atoms with van der Waals surface area (Å²) in [6, 6.07) is 4.77. The van der Waals surface area contributed by atoms with E-state index in [2.05, 4.69) is 15.5 Å². The van der Waals surface area contributed by atoms with E-state index in [1.807, 2.05) is 0 Å². The van der Waals surface area contributed by atoms with Gasteiger partial charge in [-0.05, 0) is 42.3 Å². The number of rotatable bonds is 2. The molecule has 0 fully saturated rings. The van der Waals surface area contributed by atoms with Gasteiger partial charge >= 0.3 is 0 Å². The van der Waals surface area contributed by atoms with E-state index in [0.29, 0.717) is 11.3 Å². The number of aryl methyl sites for hydroxylation is 1. The Morgan fingerprint density at radius 1 is 1.47 bits per heavy atom. The maximum absolute atomic E-state index is 11.7. The molecule has 7 heteroatoms. The van der Waals surface area contributed by atoms with Gasteiger partial charge in [0.25, 0.3) is 5.91 Å². The zero-order valence-corrected chi connectivity index (χ0v) is 10.3. The number of hydrogen-bond acceptors (Lipinski definition) is 5. The maximum atomic E-state index is 11.7. The first kappa shape index (κ1) is 11.8. The van der Waals surface area contributed by atoms with Gasteiger partial charge in [0.05, 0.1) is 0 Å². The van der Waals surface area contributed by atoms with Gasteiger partial charge in [-0.25, -0.2) is 0 Å². The quantitative estimate of drug-likeness (QED) is 0.821. The molecule has 17 heavy (non-hydrogen) atoms. The summed E-state index contributed by atoms with van der Waals surface area (Å²) in [5, 5.41) is 19.4. The predicted octanol–water partition coefficient (Wildman–Crippen LogP) is 2.46. The number of anilines is 1. The van der Waals surface area contributed by atoms with Gasteiger partial charge in [0.15, 0.2) is 0 Å². The van der Waals surface area contributed by atoms with E-state index < -0.39 is 0 Å². The lowest BCUT2D eigenvalue weighted by Crippen LogP contribution is -2.11. The van der Waals surface area contributed by atoms with Gasteiger partial charge in [-0.15, -0.1) is 10.2 Å². The zero-order chi connectivity index (χ0) is 12.4. The molecule has 1 amide bonds. The lowest BCUT2D eigenvalue weighted by molar-refractivity contribution is 0.102. The highest BCUT2D eigenvalue weighted by molar-refractivity contribution is 7.17. The number of aromatic nitrogens is 2. The molecule has 0 aliphatic rings. The Kier molecular flexibility index (Phi) is 3.26. The second-order valence-corrected chi connectivity index (χ2v) is 4.88. The van der Waals surface area contributed by atoms with Gasteiger partial charge in [0, 0.05) is 5.69 Å². The summed E-state index contributed by atoms with van der Waals surface area (Å²) in [5.74, 6) is -0.193. The molecule has 0 aliphatic carbocycles. The molecule has 0 aliphatic heterocycles. The third-order valence-corrected chi connectivity index (χ3v) is 3.07. The second kappa shape index (κ2) is 4.68. The number of nitrogens with one attached hydrogen (secondary N) is 1. The number of phenols is 1. The van der Waals surface area contributed by atoms with Crippen molar-refractivity contribution < 1.29 is 9.90 Å². The maximum Gasteiger partial charge on any atom is 0.286 e. The Bertz CT molecular complexity index is 570. The SMILES string of the molecule is Cc1cc(NC(=O)c2nnc(Cl)s2)ccc1O. The monoisotopic (exact) mass is 269 g/mol. The molecular formula is C10H8ClN3O2S. The van der Waals surface area contributed by atoms with Crippen LogP contribution in [0.2, 0.25) is 4.47 Å². The summed E-state index contributed by atoms with van der Waals surface area (Å²) >= 11 is 6.59. The van der Waals surface area contributed by atoms with Gasteiger partial charge in [-0.1, -0.05) is 11.3 Å². The molecule has 0 atom stereocenters. The molecule has 0 spiro atoms. The first-order valence-corrected chi connectivity index (χ1v) is 5.85. The van der Waals surface area contributed by atoms with Crippen molar-refractivity contribution in [2.75, 3.05) is 5.32 Å². The van der Waals surface area contributed by atoms with E-state index in [0.717, 1.165) is 11.3 Å². The van der Waals surface area contributed by atoms with Crippen molar-refractivity contribution in [3.8, 4) is 5.75 Å². The van der Waals surface area contributed by atoms with Gasteiger partial charge < -0.3 is 10.4 Å². The molecule has 0 bridgehead atoms. The number of nitrogens with zero attached hydrogens (tertiary/aromatic N) is 2. The van der Waals surface area contributed by atoms with Crippen molar-refractivity contribution in [3.05, 3.63) is 33.2 Å². The van der Waals surface area contributed by atoms with Crippen LogP contribution < -0.4 is 5.32 Å². The van der Waals surface area contributed by atoms with Crippen molar-refractivity contribution in [2.24, 2.45) is 0 Å². The minimum Gasteiger partial charge on any atom is -0.508 e. The van der Waals surface area contributed by atoms with Crippen LogP contribution in [0.3, 0.4) is 0 Å². The predicted molar refractivity (Wildman–Crippen MR) is 65.7 cm³/mol. The van der Waals surface area contributed by atoms with Crippen molar-refractivity contribution in [1.29, 1.82) is 0 Å². The summed E-state index contributed by atoms with van der Waals surface area (Å²) < 4.78 is 0.219. The first-order valence-electron chi connectivity index (χ1n) is 4.66. The summed E-state index contributed by atoms with van der Waals surface area (Å²) in [6.45, 7) is 1.74. The average Bonchev–Trinajstić information content (AvgIpc) is 2.70. The van der Waals surface area contributed by atoms with E-state index in [4.69, 9.17) is 11.6 Å². The van der Waals surface area contributed by atoms with Crippen LogP contribution in [0.5, 0.6) is 5.75 Å². The van der Waals surface area contributed by atoms with Crippen LogP contribution >= 0.6 is 22.9 Å². The minimum absolute atomic E-state index is 0.182. The molecule has 1 heterocycles. The van der Waals surface area contributed by atoms with Crippen molar-refractivity contribution in [2.45, 2.75) is 6.92 Å². The first-order chi connectivity index (χ1) is 8.06. The lowest BCUT2D eigenvalue weighted by atomic mass is 10.2. The number of benzene rings is 1. The molecule has 0 saturated carbocycles. The second-order valence-electron chi connectivity index (χ2n) is 3.32. The van der Waals surface area contributed by atoms with E-state index in [-0.39, 0.29) is 21.1 Å². The van der Waals surface area contributed by atoms with Gasteiger partial charge in [0.2, 0.25) is 9.47 Å². The van der Waals surface area contributed by atoms with Gasteiger partial charge in [-0.3, -0.25) is 4.79 Å². The number of aromatic hydroxyl groups is 1. The van der Waals surface area contributed by atoms with Crippen LogP contribution in [0.1, 0.15) is 15.4 Å². The average molecular weight is 270 g/mol. The summed E-state index contributed by atoms with van der Waals surface area (Å²) in [4.78, 5) is 11.7. The standard InChI is InChI=1S/C10H8ClN3O2S/c1-5-4-6(2-3-7(5)15)12-8(16)9-13-14-10(11)17-9/h2-4,15H,1H3,(H,12,16). The minimum atomic E-state index is -0.375. The molecule has 0 unspecified atom stereocenters. The fourth-order valence-electron chi connectivity index (χ4n) is 1.21. The topological polar surface area (TPSA) is 75.1 Å². The molecule has 5 nitrogen and oxygen atoms in total. The number of carbonyl (C=O) groups excluding carboxylic acids is 1. The van der Waals surface area contributed by atoms with Crippen LogP contribution in [0, 0.1) is 6.92 Å². The third kappa shape index (κ3) is 2.72. The highest BCUT2D eigenvalue weighted by atomic mass is 35.5. The Hall–Kier alpha value is -1.66. The Morgan fingerprint density at radius 2 is 2.24 bits per heavy atom. The smallest absolute Gasteiger partial charge is 0.286 e. The number of phenolic OH excluding ortho intramolecular Hbond substituents is 1. The van der Waals surface area contributed by atoms with Crippen LogP contribution in [0.25, 0.3) is 0 Å². The Labute approximate surface area is 106 Å². The van der Waals surface area contributed by atoms with Crippen molar-refractivity contribution in [3.63, 3.8) is 0 Å². The number of carbonyl (C=O) groups is 1. The van der Waals surface area contributed by atoms with Crippen LogP contribution in [0.15, 0.2) is 18.2 Å². The summed E-state index contributed by atoms with van der Waals surface area (Å²) in [5.41, 5.74) is 1.26. The molecule has 2 N–H and O–H groups in total. The third-order valence-electron chi connectivity index (χ3n) is 2.05. The lowest BCUT2D eigenvalue weighted by Gasteiger charge is -2.04. The highest BCUT2D eigenvalue weighted by Crippen LogP contribution is 2.21. The zero-order valence-electron chi connectivity index (χ0n) is 8.77. The molecular weight excluding hydrogens is 262 g/mol. The van der Waals surface area contributed by atoms with Gasteiger partial charge in [0.1, 0.15) is 5.75 Å². The van der Waals surface area contributed by atoms with Crippen molar-refractivity contribution in [1.82, 2.24) is 10.2 Å². The molecule has 2 rings (SSSR count).